The van der Waals surface area contributed by atoms with Gasteiger partial charge in [-0.3, -0.25) is 4.79 Å². The molecule has 0 aliphatic heterocycles. The second kappa shape index (κ2) is 7.24. The number of anilines is 2. The van der Waals surface area contributed by atoms with Crippen LogP contribution < -0.4 is 21.8 Å². The summed E-state index contributed by atoms with van der Waals surface area (Å²) in [6.07, 6.45) is 0.0764. The highest BCUT2D eigenvalue weighted by Crippen LogP contribution is 2.17. The van der Waals surface area contributed by atoms with Crippen LogP contribution in [0, 0.1) is 0 Å². The summed E-state index contributed by atoms with van der Waals surface area (Å²) in [6, 6.07) is 6.96. The van der Waals surface area contributed by atoms with Crippen molar-refractivity contribution in [3.63, 3.8) is 0 Å². The molecule has 1 aromatic carbocycles. The first kappa shape index (κ1) is 14.8. The smallest absolute Gasteiger partial charge is 0.326 e. The van der Waals surface area contributed by atoms with E-state index >= 15 is 0 Å². The molecule has 0 aromatic heterocycles. The average Bonchev–Trinajstić information content (AvgIpc) is 2.43. The van der Waals surface area contributed by atoms with Gasteiger partial charge in [0.2, 0.25) is 0 Å². The third kappa shape index (κ3) is 4.86. The maximum atomic E-state index is 11.0. The summed E-state index contributed by atoms with van der Waals surface area (Å²) in [5.41, 5.74) is 6.99. The first-order valence-electron chi connectivity index (χ1n) is 5.54. The van der Waals surface area contributed by atoms with Gasteiger partial charge in [0.05, 0.1) is 18.7 Å². The lowest BCUT2D eigenvalue weighted by Gasteiger charge is -2.26. The van der Waals surface area contributed by atoms with Crippen molar-refractivity contribution in [2.24, 2.45) is 5.90 Å². The van der Waals surface area contributed by atoms with Crippen molar-refractivity contribution < 1.29 is 19.8 Å². The molecule has 1 rings (SSSR count). The molecule has 0 heterocycles. The van der Waals surface area contributed by atoms with E-state index in [4.69, 9.17) is 11.6 Å². The molecule has 0 amide bonds. The highest BCUT2D eigenvalue weighted by Gasteiger charge is 2.11. The average molecular weight is 266 g/mol. The van der Waals surface area contributed by atoms with Crippen molar-refractivity contribution in [1.82, 2.24) is 0 Å². The molecule has 0 bridgehead atoms. The van der Waals surface area contributed by atoms with E-state index in [2.05, 4.69) is 16.3 Å². The van der Waals surface area contributed by atoms with Crippen LogP contribution in [0.5, 0.6) is 0 Å². The van der Waals surface area contributed by atoms with Crippen LogP contribution in [-0.4, -0.2) is 19.1 Å². The van der Waals surface area contributed by atoms with Gasteiger partial charge in [0.25, 0.3) is 0 Å². The van der Waals surface area contributed by atoms with Crippen molar-refractivity contribution >= 4 is 17.3 Å². The number of carbonyl (C=O) groups excluding carboxylic acids is 1. The van der Waals surface area contributed by atoms with Crippen LogP contribution in [0.4, 0.5) is 11.4 Å². The molecule has 4 N–H and O–H groups in total. The molecular formula is C12H16N3O4-. The number of carbonyl (C=O) groups is 1. The van der Waals surface area contributed by atoms with Gasteiger partial charge in [0, 0.05) is 17.9 Å². The molecule has 0 aliphatic carbocycles. The largest absolute Gasteiger partial charge is 0.664 e. The molecule has 0 fully saturated rings. The summed E-state index contributed by atoms with van der Waals surface area (Å²) in [4.78, 5) is 20.7. The number of nitrogen functional groups attached to an aromatic ring is 1. The maximum absolute atomic E-state index is 11.0. The minimum absolute atomic E-state index is 0.0398. The summed E-state index contributed by atoms with van der Waals surface area (Å²) in [5.74, 6) is 4.26. The highest BCUT2D eigenvalue weighted by molar-refractivity contribution is 5.70. The topological polar surface area (TPSA) is 114 Å². The van der Waals surface area contributed by atoms with Crippen LogP contribution in [-0.2, 0) is 14.5 Å². The van der Waals surface area contributed by atoms with Crippen molar-refractivity contribution in [3.8, 4) is 0 Å². The predicted molar refractivity (Wildman–Crippen MR) is 68.2 cm³/mol. The zero-order valence-corrected chi connectivity index (χ0v) is 10.4. The van der Waals surface area contributed by atoms with Crippen molar-refractivity contribution in [2.45, 2.75) is 6.42 Å². The van der Waals surface area contributed by atoms with Gasteiger partial charge in [0.15, 0.2) is 0 Å². The molecule has 0 atom stereocenters. The lowest BCUT2D eigenvalue weighted by Crippen LogP contribution is -2.30. The number of hydrogen-bond acceptors (Lipinski definition) is 7. The minimum atomic E-state index is -0.547. The SMILES string of the molecule is C=C(CN(CCC(=O)ON)c1ccc(N)cc1)O[O-]. The van der Waals surface area contributed by atoms with Crippen molar-refractivity contribution in [2.75, 3.05) is 23.7 Å². The van der Waals surface area contributed by atoms with Gasteiger partial charge in [-0.05, 0) is 24.3 Å². The van der Waals surface area contributed by atoms with E-state index in [1.807, 2.05) is 0 Å². The van der Waals surface area contributed by atoms with Crippen LogP contribution in [0.25, 0.3) is 0 Å². The van der Waals surface area contributed by atoms with E-state index in [0.29, 0.717) is 12.2 Å². The van der Waals surface area contributed by atoms with E-state index in [1.54, 1.807) is 29.2 Å². The maximum Gasteiger partial charge on any atom is 0.326 e. The normalized spacial score (nSPS) is 9.79. The summed E-state index contributed by atoms with van der Waals surface area (Å²) in [7, 11) is 0. The fourth-order valence-electron chi connectivity index (χ4n) is 1.51. The predicted octanol–water partition coefficient (Wildman–Crippen LogP) is -0.312. The minimum Gasteiger partial charge on any atom is -0.664 e. The number of nitrogens with two attached hydrogens (primary N) is 2. The third-order valence-corrected chi connectivity index (χ3v) is 2.46. The van der Waals surface area contributed by atoms with Crippen molar-refractivity contribution in [1.29, 1.82) is 0 Å². The van der Waals surface area contributed by atoms with Crippen LogP contribution >= 0.6 is 0 Å². The first-order valence-corrected chi connectivity index (χ1v) is 5.54. The summed E-state index contributed by atoms with van der Waals surface area (Å²) in [5, 5.41) is 10.3. The van der Waals surface area contributed by atoms with E-state index in [0.717, 1.165) is 5.69 Å². The Kier molecular flexibility index (Phi) is 5.65. The third-order valence-electron chi connectivity index (χ3n) is 2.46. The van der Waals surface area contributed by atoms with Crippen LogP contribution in [0.2, 0.25) is 0 Å². The van der Waals surface area contributed by atoms with Gasteiger partial charge < -0.3 is 25.6 Å². The highest BCUT2D eigenvalue weighted by atomic mass is 17.1. The summed E-state index contributed by atoms with van der Waals surface area (Å²) < 4.78 is 0. The quantitative estimate of drug-likeness (QED) is 0.301. The summed E-state index contributed by atoms with van der Waals surface area (Å²) in [6.45, 7) is 3.93. The summed E-state index contributed by atoms with van der Waals surface area (Å²) >= 11 is 0. The molecule has 0 saturated carbocycles. The molecule has 0 aliphatic rings. The van der Waals surface area contributed by atoms with Gasteiger partial charge in [-0.1, -0.05) is 6.58 Å². The molecular weight excluding hydrogens is 250 g/mol. The lowest BCUT2D eigenvalue weighted by molar-refractivity contribution is -0.671. The fourth-order valence-corrected chi connectivity index (χ4v) is 1.51. The number of hydrogen-bond donors (Lipinski definition) is 2. The van der Waals surface area contributed by atoms with Gasteiger partial charge in [0.1, 0.15) is 0 Å². The van der Waals surface area contributed by atoms with E-state index in [1.165, 1.54) is 0 Å². The fraction of sp³-hybridized carbons (Fsp3) is 0.250. The van der Waals surface area contributed by atoms with Crippen LogP contribution in [0.3, 0.4) is 0 Å². The van der Waals surface area contributed by atoms with E-state index in [-0.39, 0.29) is 18.7 Å². The first-order chi connectivity index (χ1) is 9.06. The molecule has 0 spiro atoms. The molecule has 19 heavy (non-hydrogen) atoms. The Morgan fingerprint density at radius 3 is 2.53 bits per heavy atom. The molecule has 0 unspecified atom stereocenters. The monoisotopic (exact) mass is 266 g/mol. The van der Waals surface area contributed by atoms with Crippen molar-refractivity contribution in [3.05, 3.63) is 36.6 Å². The molecule has 1 aromatic rings. The number of nitrogens with zero attached hydrogens (tertiary/aromatic N) is 1. The zero-order chi connectivity index (χ0) is 14.3. The Bertz CT molecular complexity index is 433. The molecule has 0 radical (unpaired) electrons. The molecule has 7 nitrogen and oxygen atoms in total. The Morgan fingerprint density at radius 2 is 2.00 bits per heavy atom. The lowest BCUT2D eigenvalue weighted by atomic mass is 10.2. The number of benzene rings is 1. The zero-order valence-electron chi connectivity index (χ0n) is 10.4. The van der Waals surface area contributed by atoms with Crippen LogP contribution in [0.15, 0.2) is 36.6 Å². The van der Waals surface area contributed by atoms with Gasteiger partial charge in [-0.25, -0.2) is 0 Å². The van der Waals surface area contributed by atoms with E-state index in [9.17, 15) is 10.1 Å². The van der Waals surface area contributed by atoms with E-state index < -0.39 is 5.97 Å². The molecule has 0 saturated heterocycles. The van der Waals surface area contributed by atoms with Crippen LogP contribution in [0.1, 0.15) is 6.42 Å². The second-order valence-corrected chi connectivity index (χ2v) is 3.87. The van der Waals surface area contributed by atoms with Gasteiger partial charge >= 0.3 is 5.97 Å². The Labute approximate surface area is 110 Å². The molecule has 104 valence electrons. The standard InChI is InChI=1S/C12H17N3O4/c1-9(19-17)8-15(7-6-12(16)18-14)11-4-2-10(13)3-5-11/h2-5,17H,1,6-8,13-14H2/p-1. The van der Waals surface area contributed by atoms with Gasteiger partial charge in [-0.15, -0.1) is 0 Å². The number of rotatable bonds is 7. The Morgan fingerprint density at radius 1 is 1.37 bits per heavy atom. The Hall–Kier alpha value is -2.25. The Balaban J connectivity index is 2.76. The molecule has 7 heteroatoms. The second-order valence-electron chi connectivity index (χ2n) is 3.87. The van der Waals surface area contributed by atoms with Gasteiger partial charge in [-0.2, -0.15) is 5.90 Å².